The number of hydrogen-bond donors (Lipinski definition) is 1. The molecule has 1 aromatic carbocycles. The van der Waals surface area contributed by atoms with Crippen molar-refractivity contribution in [3.63, 3.8) is 0 Å². The molecule has 17 heavy (non-hydrogen) atoms. The van der Waals surface area contributed by atoms with Crippen LogP contribution in [0.5, 0.6) is 0 Å². The fourth-order valence-corrected chi connectivity index (χ4v) is 1.54. The van der Waals surface area contributed by atoms with Crippen LogP contribution in [-0.2, 0) is 13.0 Å². The summed E-state index contributed by atoms with van der Waals surface area (Å²) in [6.07, 6.45) is 0.694. The van der Waals surface area contributed by atoms with Crippen LogP contribution in [0.15, 0.2) is 28.7 Å². The molecular formula is C13H17N3O. The number of aryl methyl sites for hydroxylation is 1. The zero-order chi connectivity index (χ0) is 12.1. The molecule has 90 valence electrons. The van der Waals surface area contributed by atoms with Gasteiger partial charge in [0.25, 0.3) is 0 Å². The molecule has 4 nitrogen and oxygen atoms in total. The largest absolute Gasteiger partial charge is 0.424 e. The quantitative estimate of drug-likeness (QED) is 0.856. The van der Waals surface area contributed by atoms with Gasteiger partial charge in [-0.2, -0.15) is 0 Å². The maximum atomic E-state index is 5.54. The van der Waals surface area contributed by atoms with E-state index >= 15 is 0 Å². The lowest BCUT2D eigenvalue weighted by Crippen LogP contribution is -2.11. The van der Waals surface area contributed by atoms with Crippen LogP contribution < -0.4 is 5.32 Å². The summed E-state index contributed by atoms with van der Waals surface area (Å²) in [6, 6.07) is 8.35. The molecule has 4 heteroatoms. The lowest BCUT2D eigenvalue weighted by molar-refractivity contribution is 0.441. The zero-order valence-corrected chi connectivity index (χ0v) is 10.2. The molecule has 0 bridgehead atoms. The van der Waals surface area contributed by atoms with E-state index in [1.807, 2.05) is 6.92 Å². The molecular weight excluding hydrogens is 214 g/mol. The SMILES string of the molecule is CCNCc1nnc(Cc2ccc(C)cc2)o1. The van der Waals surface area contributed by atoms with Crippen LogP contribution in [0.1, 0.15) is 29.8 Å². The summed E-state index contributed by atoms with van der Waals surface area (Å²) < 4.78 is 5.54. The predicted octanol–water partition coefficient (Wildman–Crippen LogP) is 2.08. The Bertz CT molecular complexity index is 462. The van der Waals surface area contributed by atoms with E-state index in [2.05, 4.69) is 46.7 Å². The molecule has 1 aromatic heterocycles. The molecule has 2 aromatic rings. The molecule has 0 spiro atoms. The van der Waals surface area contributed by atoms with Crippen LogP contribution in [0.25, 0.3) is 0 Å². The van der Waals surface area contributed by atoms with Crippen molar-refractivity contribution in [2.45, 2.75) is 26.8 Å². The van der Waals surface area contributed by atoms with Crippen molar-refractivity contribution < 1.29 is 4.42 Å². The van der Waals surface area contributed by atoms with Gasteiger partial charge in [-0.3, -0.25) is 0 Å². The number of aromatic nitrogens is 2. The van der Waals surface area contributed by atoms with Crippen molar-refractivity contribution in [3.05, 3.63) is 47.2 Å². The first kappa shape index (κ1) is 11.8. The number of nitrogens with one attached hydrogen (secondary N) is 1. The molecule has 0 unspecified atom stereocenters. The van der Waals surface area contributed by atoms with Crippen molar-refractivity contribution in [2.24, 2.45) is 0 Å². The van der Waals surface area contributed by atoms with Crippen LogP contribution in [0.4, 0.5) is 0 Å². The van der Waals surface area contributed by atoms with E-state index in [0.717, 1.165) is 6.54 Å². The number of hydrogen-bond acceptors (Lipinski definition) is 4. The van der Waals surface area contributed by atoms with Gasteiger partial charge in [-0.1, -0.05) is 36.8 Å². The first-order valence-corrected chi connectivity index (χ1v) is 5.85. The standard InChI is InChI=1S/C13H17N3O/c1-3-14-9-13-16-15-12(17-13)8-11-6-4-10(2)5-7-11/h4-7,14H,3,8-9H2,1-2H3. The topological polar surface area (TPSA) is 51.0 Å². The van der Waals surface area contributed by atoms with Gasteiger partial charge in [0.15, 0.2) is 0 Å². The highest BCUT2D eigenvalue weighted by molar-refractivity contribution is 5.23. The van der Waals surface area contributed by atoms with Crippen molar-refractivity contribution >= 4 is 0 Å². The monoisotopic (exact) mass is 231 g/mol. The average Bonchev–Trinajstić information content (AvgIpc) is 2.77. The van der Waals surface area contributed by atoms with Crippen molar-refractivity contribution in [1.29, 1.82) is 0 Å². The van der Waals surface area contributed by atoms with Crippen molar-refractivity contribution in [3.8, 4) is 0 Å². The van der Waals surface area contributed by atoms with E-state index in [9.17, 15) is 0 Å². The summed E-state index contributed by atoms with van der Waals surface area (Å²) in [5, 5.41) is 11.2. The van der Waals surface area contributed by atoms with Gasteiger partial charge in [0, 0.05) is 0 Å². The summed E-state index contributed by atoms with van der Waals surface area (Å²) in [5.41, 5.74) is 2.45. The van der Waals surface area contributed by atoms with Crippen LogP contribution >= 0.6 is 0 Å². The second kappa shape index (κ2) is 5.59. The maximum Gasteiger partial charge on any atom is 0.230 e. The van der Waals surface area contributed by atoms with Crippen LogP contribution in [0.2, 0.25) is 0 Å². The fourth-order valence-electron chi connectivity index (χ4n) is 1.54. The van der Waals surface area contributed by atoms with Gasteiger partial charge in [-0.05, 0) is 19.0 Å². The van der Waals surface area contributed by atoms with Gasteiger partial charge in [0.1, 0.15) is 0 Å². The Morgan fingerprint density at radius 3 is 2.53 bits per heavy atom. The Balaban J connectivity index is 1.98. The first-order chi connectivity index (χ1) is 8.28. The Morgan fingerprint density at radius 2 is 1.82 bits per heavy atom. The summed E-state index contributed by atoms with van der Waals surface area (Å²) in [7, 11) is 0. The predicted molar refractivity (Wildman–Crippen MR) is 65.7 cm³/mol. The van der Waals surface area contributed by atoms with Crippen LogP contribution in [0, 0.1) is 6.92 Å². The van der Waals surface area contributed by atoms with Gasteiger partial charge < -0.3 is 9.73 Å². The molecule has 0 aliphatic heterocycles. The number of rotatable bonds is 5. The molecule has 1 N–H and O–H groups in total. The van der Waals surface area contributed by atoms with Gasteiger partial charge in [-0.25, -0.2) is 0 Å². The number of benzene rings is 1. The summed E-state index contributed by atoms with van der Waals surface area (Å²) in [6.45, 7) is 5.65. The fraction of sp³-hybridized carbons (Fsp3) is 0.385. The minimum absolute atomic E-state index is 0.636. The summed E-state index contributed by atoms with van der Waals surface area (Å²) >= 11 is 0. The first-order valence-electron chi connectivity index (χ1n) is 5.85. The maximum absolute atomic E-state index is 5.54. The van der Waals surface area contributed by atoms with E-state index in [1.54, 1.807) is 0 Å². The highest BCUT2D eigenvalue weighted by Gasteiger charge is 2.06. The highest BCUT2D eigenvalue weighted by atomic mass is 16.4. The third-order valence-electron chi connectivity index (χ3n) is 2.51. The highest BCUT2D eigenvalue weighted by Crippen LogP contribution is 2.09. The van der Waals surface area contributed by atoms with E-state index < -0.39 is 0 Å². The molecule has 0 fully saturated rings. The minimum atomic E-state index is 0.636. The van der Waals surface area contributed by atoms with Crippen LogP contribution in [-0.4, -0.2) is 16.7 Å². The van der Waals surface area contributed by atoms with Gasteiger partial charge in [0.2, 0.25) is 11.8 Å². The molecule has 0 aliphatic carbocycles. The lowest BCUT2D eigenvalue weighted by atomic mass is 10.1. The van der Waals surface area contributed by atoms with E-state index in [4.69, 9.17) is 4.42 Å². The molecule has 2 rings (SSSR count). The minimum Gasteiger partial charge on any atom is -0.424 e. The molecule has 0 atom stereocenters. The van der Waals surface area contributed by atoms with Gasteiger partial charge >= 0.3 is 0 Å². The third kappa shape index (κ3) is 3.39. The Morgan fingerprint density at radius 1 is 1.12 bits per heavy atom. The van der Waals surface area contributed by atoms with Gasteiger partial charge in [-0.15, -0.1) is 10.2 Å². The average molecular weight is 231 g/mol. The second-order valence-electron chi connectivity index (χ2n) is 4.03. The van der Waals surface area contributed by atoms with Crippen LogP contribution in [0.3, 0.4) is 0 Å². The van der Waals surface area contributed by atoms with Crippen molar-refractivity contribution in [2.75, 3.05) is 6.54 Å². The second-order valence-corrected chi connectivity index (χ2v) is 4.03. The molecule has 0 radical (unpaired) electrons. The molecule has 0 saturated heterocycles. The number of nitrogens with zero attached hydrogens (tertiary/aromatic N) is 2. The summed E-state index contributed by atoms with van der Waals surface area (Å²) in [5.74, 6) is 1.32. The summed E-state index contributed by atoms with van der Waals surface area (Å²) in [4.78, 5) is 0. The van der Waals surface area contributed by atoms with Crippen molar-refractivity contribution in [1.82, 2.24) is 15.5 Å². The third-order valence-corrected chi connectivity index (χ3v) is 2.51. The Kier molecular flexibility index (Phi) is 3.88. The normalized spacial score (nSPS) is 10.7. The molecule has 0 aliphatic rings. The zero-order valence-electron chi connectivity index (χ0n) is 10.2. The van der Waals surface area contributed by atoms with Gasteiger partial charge in [0.05, 0.1) is 13.0 Å². The van der Waals surface area contributed by atoms with E-state index in [1.165, 1.54) is 11.1 Å². The molecule has 0 saturated carbocycles. The van der Waals surface area contributed by atoms with E-state index in [0.29, 0.717) is 24.7 Å². The smallest absolute Gasteiger partial charge is 0.230 e. The lowest BCUT2D eigenvalue weighted by Gasteiger charge is -1.97. The van der Waals surface area contributed by atoms with E-state index in [-0.39, 0.29) is 0 Å². The molecule has 1 heterocycles. The Labute approximate surface area is 101 Å². The Hall–Kier alpha value is -1.68. The molecule has 0 amide bonds.